The Morgan fingerprint density at radius 3 is 2.79 bits per heavy atom. The molecule has 0 saturated carbocycles. The van der Waals surface area contributed by atoms with E-state index in [0.29, 0.717) is 0 Å². The smallest absolute Gasteiger partial charge is 0.352 e. The number of carbonyl (C=O) groups is 1. The van der Waals surface area contributed by atoms with Crippen molar-refractivity contribution in [3.8, 4) is 11.3 Å². The molecule has 0 fully saturated rings. The first-order valence-electron chi connectivity index (χ1n) is 5.74. The van der Waals surface area contributed by atoms with Gasteiger partial charge in [-0.25, -0.2) is 4.79 Å². The summed E-state index contributed by atoms with van der Waals surface area (Å²) in [6, 6.07) is 9.43. The summed E-state index contributed by atoms with van der Waals surface area (Å²) in [4.78, 5) is 14.3. The minimum atomic E-state index is -0.920. The number of hydrogen-bond donors (Lipinski definition) is 2. The normalized spacial score (nSPS) is 11.1. The van der Waals surface area contributed by atoms with Gasteiger partial charge in [0, 0.05) is 34.2 Å². The Bertz CT molecular complexity index is 786. The van der Waals surface area contributed by atoms with Gasteiger partial charge in [-0.2, -0.15) is 0 Å². The fourth-order valence-electron chi connectivity index (χ4n) is 2.31. The highest BCUT2D eigenvalue weighted by Crippen LogP contribution is 2.31. The van der Waals surface area contributed by atoms with Crippen LogP contribution in [0.25, 0.3) is 22.2 Å². The van der Waals surface area contributed by atoms with Crippen LogP contribution in [0.5, 0.6) is 0 Å². The second-order valence-corrected chi connectivity index (χ2v) is 5.28. The molecular weight excluding hydrogens is 308 g/mol. The number of fused-ring (bicyclic) bond motifs is 1. The van der Waals surface area contributed by atoms with E-state index in [0.717, 1.165) is 26.6 Å². The number of hydrogen-bond acceptors (Lipinski definition) is 1. The summed E-state index contributed by atoms with van der Waals surface area (Å²) in [6.45, 7) is 0. The summed E-state index contributed by atoms with van der Waals surface area (Å²) >= 11 is 3.43. The Morgan fingerprint density at radius 1 is 1.32 bits per heavy atom. The number of aromatic nitrogens is 2. The highest BCUT2D eigenvalue weighted by atomic mass is 79.9. The van der Waals surface area contributed by atoms with Crippen LogP contribution in [-0.2, 0) is 7.05 Å². The molecule has 0 amide bonds. The van der Waals surface area contributed by atoms with Crippen LogP contribution in [0.15, 0.2) is 41.0 Å². The van der Waals surface area contributed by atoms with Crippen LogP contribution in [-0.4, -0.2) is 20.6 Å². The number of aromatic amines is 1. The van der Waals surface area contributed by atoms with Crippen molar-refractivity contribution in [1.29, 1.82) is 0 Å². The van der Waals surface area contributed by atoms with Crippen LogP contribution in [0.3, 0.4) is 0 Å². The number of carboxylic acid groups (broad SMARTS) is 1. The first-order chi connectivity index (χ1) is 9.08. The first-order valence-corrected chi connectivity index (χ1v) is 6.53. The molecule has 0 aliphatic heterocycles. The summed E-state index contributed by atoms with van der Waals surface area (Å²) < 4.78 is 2.69. The third kappa shape index (κ3) is 1.86. The van der Waals surface area contributed by atoms with Gasteiger partial charge in [0.15, 0.2) is 0 Å². The Morgan fingerprint density at radius 2 is 2.11 bits per heavy atom. The number of carboxylic acids is 1. The van der Waals surface area contributed by atoms with Crippen molar-refractivity contribution in [2.45, 2.75) is 0 Å². The number of nitrogens with one attached hydrogen (secondary N) is 1. The van der Waals surface area contributed by atoms with Gasteiger partial charge in [0.2, 0.25) is 0 Å². The Balaban J connectivity index is 2.22. The summed E-state index contributed by atoms with van der Waals surface area (Å²) in [5.74, 6) is -0.920. The molecule has 19 heavy (non-hydrogen) atoms. The summed E-state index contributed by atoms with van der Waals surface area (Å²) in [6.07, 6.45) is 1.90. The topological polar surface area (TPSA) is 58.0 Å². The average Bonchev–Trinajstić information content (AvgIpc) is 2.91. The van der Waals surface area contributed by atoms with Gasteiger partial charge in [-0.3, -0.25) is 0 Å². The van der Waals surface area contributed by atoms with Gasteiger partial charge in [-0.15, -0.1) is 0 Å². The molecule has 3 aromatic rings. The summed E-state index contributed by atoms with van der Waals surface area (Å²) in [5.41, 5.74) is 3.17. The first kappa shape index (κ1) is 12.0. The zero-order chi connectivity index (χ0) is 13.6. The summed E-state index contributed by atoms with van der Waals surface area (Å²) in [7, 11) is 1.76. The van der Waals surface area contributed by atoms with Gasteiger partial charge >= 0.3 is 5.97 Å². The van der Waals surface area contributed by atoms with Crippen LogP contribution in [0.2, 0.25) is 0 Å². The van der Waals surface area contributed by atoms with E-state index in [2.05, 4.69) is 20.9 Å². The molecule has 0 atom stereocenters. The molecule has 96 valence electrons. The van der Waals surface area contributed by atoms with Gasteiger partial charge < -0.3 is 14.7 Å². The maximum Gasteiger partial charge on any atom is 0.352 e. The number of halogens is 1. The quantitative estimate of drug-likeness (QED) is 0.758. The monoisotopic (exact) mass is 318 g/mol. The van der Waals surface area contributed by atoms with E-state index in [1.807, 2.05) is 30.5 Å². The summed E-state index contributed by atoms with van der Waals surface area (Å²) in [5, 5.41) is 10.2. The predicted molar refractivity (Wildman–Crippen MR) is 77.4 cm³/mol. The van der Waals surface area contributed by atoms with Crippen molar-refractivity contribution in [3.05, 3.63) is 46.7 Å². The van der Waals surface area contributed by atoms with Crippen molar-refractivity contribution in [1.82, 2.24) is 9.55 Å². The van der Waals surface area contributed by atoms with E-state index < -0.39 is 5.97 Å². The van der Waals surface area contributed by atoms with Crippen molar-refractivity contribution in [2.75, 3.05) is 0 Å². The van der Waals surface area contributed by atoms with Crippen molar-refractivity contribution in [2.24, 2.45) is 7.05 Å². The number of rotatable bonds is 2. The molecule has 3 rings (SSSR count). The zero-order valence-corrected chi connectivity index (χ0v) is 11.7. The fraction of sp³-hybridized carbons (Fsp3) is 0.0714. The Labute approximate surface area is 117 Å². The molecule has 4 nitrogen and oxygen atoms in total. The lowest BCUT2D eigenvalue weighted by atomic mass is 10.1. The number of benzene rings is 1. The lowest BCUT2D eigenvalue weighted by Crippen LogP contribution is -2.04. The maximum atomic E-state index is 11.1. The van der Waals surface area contributed by atoms with E-state index in [1.165, 1.54) is 0 Å². The molecule has 0 radical (unpaired) electrons. The van der Waals surface area contributed by atoms with E-state index in [-0.39, 0.29) is 5.69 Å². The van der Waals surface area contributed by atoms with Crippen LogP contribution >= 0.6 is 15.9 Å². The van der Waals surface area contributed by atoms with E-state index >= 15 is 0 Å². The second-order valence-electron chi connectivity index (χ2n) is 4.36. The van der Waals surface area contributed by atoms with E-state index in [4.69, 9.17) is 5.11 Å². The van der Waals surface area contributed by atoms with Crippen molar-refractivity contribution < 1.29 is 9.90 Å². The Hall–Kier alpha value is -2.01. The highest BCUT2D eigenvalue weighted by Gasteiger charge is 2.14. The third-order valence-corrected chi connectivity index (χ3v) is 3.75. The largest absolute Gasteiger partial charge is 0.477 e. The van der Waals surface area contributed by atoms with E-state index in [1.54, 1.807) is 17.7 Å². The lowest BCUT2D eigenvalue weighted by Gasteiger charge is -2.04. The Kier molecular flexibility index (Phi) is 2.71. The SMILES string of the molecule is Cn1c(C(=O)O)ccc1-c1c[nH]c2cc(Br)ccc12. The molecule has 2 heterocycles. The van der Waals surface area contributed by atoms with E-state index in [9.17, 15) is 4.79 Å². The van der Waals surface area contributed by atoms with Gasteiger partial charge in [0.05, 0.1) is 5.69 Å². The molecule has 0 aliphatic rings. The van der Waals surface area contributed by atoms with Crippen LogP contribution in [0.4, 0.5) is 0 Å². The zero-order valence-electron chi connectivity index (χ0n) is 10.1. The average molecular weight is 319 g/mol. The molecule has 0 aliphatic carbocycles. The third-order valence-electron chi connectivity index (χ3n) is 3.26. The predicted octanol–water partition coefficient (Wildman–Crippen LogP) is 3.63. The number of H-pyrrole nitrogens is 1. The van der Waals surface area contributed by atoms with Crippen LogP contribution in [0.1, 0.15) is 10.5 Å². The van der Waals surface area contributed by atoms with Gasteiger partial charge in [-0.05, 0) is 24.3 Å². The van der Waals surface area contributed by atoms with Gasteiger partial charge in [0.1, 0.15) is 5.69 Å². The van der Waals surface area contributed by atoms with Crippen molar-refractivity contribution >= 4 is 32.8 Å². The van der Waals surface area contributed by atoms with Gasteiger partial charge in [-0.1, -0.05) is 22.0 Å². The fourth-order valence-corrected chi connectivity index (χ4v) is 2.67. The standard InChI is InChI=1S/C14H11BrN2O2/c1-17-12(4-5-13(17)14(18)19)10-7-16-11-6-8(15)2-3-9(10)11/h2-7,16H,1H3,(H,18,19). The molecule has 2 aromatic heterocycles. The molecule has 0 saturated heterocycles. The molecule has 5 heteroatoms. The second kappa shape index (κ2) is 4.28. The maximum absolute atomic E-state index is 11.1. The minimum absolute atomic E-state index is 0.279. The molecule has 1 aromatic carbocycles. The lowest BCUT2D eigenvalue weighted by molar-refractivity contribution is 0.0687. The molecular formula is C14H11BrN2O2. The van der Waals surface area contributed by atoms with Crippen LogP contribution < -0.4 is 0 Å². The molecule has 0 bridgehead atoms. The number of nitrogens with zero attached hydrogens (tertiary/aromatic N) is 1. The number of aromatic carboxylic acids is 1. The molecule has 0 unspecified atom stereocenters. The molecule has 0 spiro atoms. The minimum Gasteiger partial charge on any atom is -0.477 e. The molecule has 2 N–H and O–H groups in total. The van der Waals surface area contributed by atoms with Gasteiger partial charge in [0.25, 0.3) is 0 Å². The van der Waals surface area contributed by atoms with Crippen LogP contribution in [0, 0.1) is 0 Å². The van der Waals surface area contributed by atoms with Crippen molar-refractivity contribution in [3.63, 3.8) is 0 Å². The highest BCUT2D eigenvalue weighted by molar-refractivity contribution is 9.10.